The maximum Gasteiger partial charge on any atom is 0.282 e. The van der Waals surface area contributed by atoms with Crippen LogP contribution < -0.4 is 4.90 Å². The van der Waals surface area contributed by atoms with Crippen LogP contribution in [0.5, 0.6) is 0 Å². The van der Waals surface area contributed by atoms with Gasteiger partial charge in [0.2, 0.25) is 0 Å². The predicted octanol–water partition coefficient (Wildman–Crippen LogP) is 3.82. The number of hydrogen-bond donors (Lipinski definition) is 0. The van der Waals surface area contributed by atoms with E-state index < -0.39 is 5.82 Å². The number of amides is 2. The zero-order valence-corrected chi connectivity index (χ0v) is 15.5. The first-order chi connectivity index (χ1) is 13.0. The average Bonchev–Trinajstić information content (AvgIpc) is 3.22. The highest BCUT2D eigenvalue weighted by atomic mass is 19.1. The predicted molar refractivity (Wildman–Crippen MR) is 103 cm³/mol. The highest BCUT2D eigenvalue weighted by Gasteiger charge is 2.43. The molecule has 1 fully saturated rings. The van der Waals surface area contributed by atoms with E-state index in [0.717, 1.165) is 47.5 Å². The van der Waals surface area contributed by atoms with E-state index in [1.807, 2.05) is 36.9 Å². The molecule has 0 radical (unpaired) electrons. The van der Waals surface area contributed by atoms with E-state index >= 15 is 0 Å². The summed E-state index contributed by atoms with van der Waals surface area (Å²) in [5.74, 6) is -1.24. The Balaban J connectivity index is 1.88. The van der Waals surface area contributed by atoms with Gasteiger partial charge in [-0.1, -0.05) is 29.8 Å². The lowest BCUT2D eigenvalue weighted by Gasteiger charge is -2.20. The van der Waals surface area contributed by atoms with Crippen LogP contribution in [0.4, 0.5) is 10.1 Å². The van der Waals surface area contributed by atoms with E-state index in [1.54, 1.807) is 6.07 Å². The van der Waals surface area contributed by atoms with Crippen molar-refractivity contribution in [2.45, 2.75) is 26.7 Å². The molecule has 0 aromatic heterocycles. The monoisotopic (exact) mass is 364 g/mol. The smallest absolute Gasteiger partial charge is 0.282 e. The molecule has 0 unspecified atom stereocenters. The van der Waals surface area contributed by atoms with Crippen molar-refractivity contribution in [2.75, 3.05) is 18.0 Å². The van der Waals surface area contributed by atoms with Crippen molar-refractivity contribution in [3.63, 3.8) is 0 Å². The summed E-state index contributed by atoms with van der Waals surface area (Å²) in [5.41, 5.74) is 3.93. The lowest BCUT2D eigenvalue weighted by Crippen LogP contribution is -2.34. The molecule has 2 aromatic rings. The van der Waals surface area contributed by atoms with Crippen molar-refractivity contribution in [1.29, 1.82) is 0 Å². The minimum atomic E-state index is -0.476. The maximum absolute atomic E-state index is 13.7. The molecule has 2 aliphatic rings. The Labute approximate surface area is 157 Å². The highest BCUT2D eigenvalue weighted by molar-refractivity contribution is 6.45. The molecule has 0 spiro atoms. The Morgan fingerprint density at radius 3 is 2.33 bits per heavy atom. The molecule has 1 saturated heterocycles. The number of imide groups is 1. The van der Waals surface area contributed by atoms with Crippen LogP contribution in [0.15, 0.2) is 48.2 Å². The van der Waals surface area contributed by atoms with Crippen LogP contribution in [-0.2, 0) is 9.59 Å². The quantitative estimate of drug-likeness (QED) is 0.778. The topological polar surface area (TPSA) is 40.6 Å². The van der Waals surface area contributed by atoms with Gasteiger partial charge in [-0.15, -0.1) is 0 Å². The Kier molecular flexibility index (Phi) is 4.30. The van der Waals surface area contributed by atoms with Gasteiger partial charge in [-0.2, -0.15) is 0 Å². The SMILES string of the molecule is Cc1ccc(C2=C(N3CCCC3)C(=O)N(c3cccc(F)c3)C2=O)c(C)c1. The molecule has 2 aliphatic heterocycles. The van der Waals surface area contributed by atoms with Gasteiger partial charge < -0.3 is 4.90 Å². The molecule has 2 aromatic carbocycles. The van der Waals surface area contributed by atoms with Crippen LogP contribution in [0.1, 0.15) is 29.5 Å². The van der Waals surface area contributed by atoms with E-state index in [0.29, 0.717) is 11.3 Å². The van der Waals surface area contributed by atoms with Crippen molar-refractivity contribution in [3.8, 4) is 0 Å². The number of nitrogens with zero attached hydrogens (tertiary/aromatic N) is 2. The molecule has 5 heteroatoms. The molecule has 27 heavy (non-hydrogen) atoms. The van der Waals surface area contributed by atoms with E-state index in [4.69, 9.17) is 0 Å². The van der Waals surface area contributed by atoms with E-state index in [2.05, 4.69) is 0 Å². The van der Waals surface area contributed by atoms with Gasteiger partial charge in [-0.3, -0.25) is 9.59 Å². The van der Waals surface area contributed by atoms with Gasteiger partial charge in [-0.05, 0) is 56.0 Å². The van der Waals surface area contributed by atoms with Crippen LogP contribution in [0.25, 0.3) is 5.57 Å². The number of carbonyl (C=O) groups excluding carboxylic acids is 2. The minimum Gasteiger partial charge on any atom is -0.366 e. The van der Waals surface area contributed by atoms with Crippen LogP contribution in [0, 0.1) is 19.7 Å². The molecule has 2 heterocycles. The number of aryl methyl sites for hydroxylation is 2. The molecule has 0 N–H and O–H groups in total. The summed E-state index contributed by atoms with van der Waals surface area (Å²) in [4.78, 5) is 29.7. The van der Waals surface area contributed by atoms with Crippen LogP contribution in [-0.4, -0.2) is 29.8 Å². The Morgan fingerprint density at radius 2 is 1.67 bits per heavy atom. The Bertz CT molecular complexity index is 974. The zero-order valence-electron chi connectivity index (χ0n) is 15.5. The van der Waals surface area contributed by atoms with Crippen LogP contribution in [0.2, 0.25) is 0 Å². The average molecular weight is 364 g/mol. The maximum atomic E-state index is 13.7. The molecule has 2 amide bonds. The third kappa shape index (κ3) is 2.93. The zero-order chi connectivity index (χ0) is 19.1. The molecule has 0 bridgehead atoms. The Morgan fingerprint density at radius 1 is 0.926 bits per heavy atom. The lowest BCUT2D eigenvalue weighted by molar-refractivity contribution is -0.120. The summed E-state index contributed by atoms with van der Waals surface area (Å²) >= 11 is 0. The third-order valence-corrected chi connectivity index (χ3v) is 5.20. The summed E-state index contributed by atoms with van der Waals surface area (Å²) in [5, 5.41) is 0. The Hall–Kier alpha value is -2.95. The molecule has 0 aliphatic carbocycles. The number of halogens is 1. The second kappa shape index (κ2) is 6.65. The van der Waals surface area contributed by atoms with Crippen LogP contribution in [0.3, 0.4) is 0 Å². The fourth-order valence-electron chi connectivity index (χ4n) is 3.94. The second-order valence-electron chi connectivity index (χ2n) is 7.16. The number of rotatable bonds is 3. The first-order valence-electron chi connectivity index (χ1n) is 9.18. The van der Waals surface area contributed by atoms with Gasteiger partial charge in [0.1, 0.15) is 11.5 Å². The van der Waals surface area contributed by atoms with E-state index in [9.17, 15) is 14.0 Å². The summed E-state index contributed by atoms with van der Waals surface area (Å²) < 4.78 is 13.7. The van der Waals surface area contributed by atoms with Crippen molar-refractivity contribution in [3.05, 3.63) is 70.7 Å². The largest absolute Gasteiger partial charge is 0.366 e. The van der Waals surface area contributed by atoms with Crippen molar-refractivity contribution >= 4 is 23.1 Å². The third-order valence-electron chi connectivity index (χ3n) is 5.20. The number of anilines is 1. The minimum absolute atomic E-state index is 0.265. The second-order valence-corrected chi connectivity index (χ2v) is 7.16. The molecule has 4 nitrogen and oxygen atoms in total. The summed E-state index contributed by atoms with van der Waals surface area (Å²) in [6, 6.07) is 11.5. The normalized spacial score (nSPS) is 17.4. The molecule has 138 valence electrons. The molecule has 0 saturated carbocycles. The van der Waals surface area contributed by atoms with Gasteiger partial charge in [-0.25, -0.2) is 9.29 Å². The van der Waals surface area contributed by atoms with Crippen LogP contribution >= 0.6 is 0 Å². The van der Waals surface area contributed by atoms with Crippen molar-refractivity contribution in [2.24, 2.45) is 0 Å². The molecular formula is C22H21FN2O2. The fraction of sp³-hybridized carbons (Fsp3) is 0.273. The standard InChI is InChI=1S/C22H21FN2O2/c1-14-8-9-18(15(2)12-14)19-20(24-10-3-4-11-24)22(27)25(21(19)26)17-7-5-6-16(23)13-17/h5-9,12-13H,3-4,10-11H2,1-2H3. The van der Waals surface area contributed by atoms with Crippen molar-refractivity contribution in [1.82, 2.24) is 4.90 Å². The van der Waals surface area contributed by atoms with Gasteiger partial charge >= 0.3 is 0 Å². The molecule has 0 atom stereocenters. The van der Waals surface area contributed by atoms with Gasteiger partial charge in [0, 0.05) is 13.1 Å². The number of likely N-dealkylation sites (tertiary alicyclic amines) is 1. The first-order valence-corrected chi connectivity index (χ1v) is 9.18. The van der Waals surface area contributed by atoms with Gasteiger partial charge in [0.15, 0.2) is 0 Å². The number of carbonyl (C=O) groups is 2. The summed E-state index contributed by atoms with van der Waals surface area (Å²) in [6.45, 7) is 5.44. The molecule has 4 rings (SSSR count). The van der Waals surface area contributed by atoms with Gasteiger partial charge in [0.05, 0.1) is 11.3 Å². The van der Waals surface area contributed by atoms with E-state index in [1.165, 1.54) is 18.2 Å². The van der Waals surface area contributed by atoms with Crippen molar-refractivity contribution < 1.29 is 14.0 Å². The van der Waals surface area contributed by atoms with Gasteiger partial charge in [0.25, 0.3) is 11.8 Å². The number of hydrogen-bond acceptors (Lipinski definition) is 3. The molecular weight excluding hydrogens is 343 g/mol. The summed E-state index contributed by atoms with van der Waals surface area (Å²) in [7, 11) is 0. The summed E-state index contributed by atoms with van der Waals surface area (Å²) in [6.07, 6.45) is 1.98. The first kappa shape index (κ1) is 17.5. The number of benzene rings is 2. The fourth-order valence-corrected chi connectivity index (χ4v) is 3.94. The van der Waals surface area contributed by atoms with E-state index in [-0.39, 0.29) is 17.5 Å². The lowest BCUT2D eigenvalue weighted by atomic mass is 9.97. The highest BCUT2D eigenvalue weighted by Crippen LogP contribution is 2.37.